The van der Waals surface area contributed by atoms with Crippen LogP contribution >= 0.6 is 55.1 Å². The maximum atomic E-state index is 6.32. The number of aromatic nitrogens is 2. The molecule has 0 aliphatic heterocycles. The van der Waals surface area contributed by atoms with Gasteiger partial charge in [-0.2, -0.15) is 0 Å². The topological polar surface area (TPSA) is 52.0 Å². The van der Waals surface area contributed by atoms with E-state index in [0.717, 1.165) is 25.7 Å². The molecule has 34 heavy (non-hydrogen) atoms. The Labute approximate surface area is 222 Å². The minimum Gasteiger partial charge on any atom is -0.487 e. The predicted molar refractivity (Wildman–Crippen MR) is 143 cm³/mol. The van der Waals surface area contributed by atoms with Gasteiger partial charge in [0.15, 0.2) is 17.3 Å². The third kappa shape index (κ3) is 4.79. The van der Waals surface area contributed by atoms with Crippen molar-refractivity contribution in [1.82, 2.24) is 9.38 Å². The molecule has 170 valence electrons. The average molecular weight is 620 g/mol. The van der Waals surface area contributed by atoms with Crippen LogP contribution < -0.4 is 4.74 Å². The standard InChI is InChI=1S/C25H15Br2Cl2N3O2/c26-17-10-16(24(19(27)11-17)34-14-15-6-7-18(28)12-20(15)29)13-30-25-23(21-4-3-9-33-21)31-22-5-1-2-8-32(22)25/h1-13H,14H2. The number of hydrogen-bond donors (Lipinski definition) is 0. The molecule has 3 heterocycles. The van der Waals surface area contributed by atoms with E-state index in [2.05, 4.69) is 31.9 Å². The average Bonchev–Trinajstić information content (AvgIpc) is 3.46. The molecule has 0 radical (unpaired) electrons. The Hall–Kier alpha value is -2.58. The fraction of sp³-hybridized carbons (Fsp3) is 0.0400. The van der Waals surface area contributed by atoms with Gasteiger partial charge < -0.3 is 9.15 Å². The fourth-order valence-electron chi connectivity index (χ4n) is 3.43. The van der Waals surface area contributed by atoms with Gasteiger partial charge in [0.25, 0.3) is 0 Å². The molecule has 3 aromatic heterocycles. The minimum atomic E-state index is 0.268. The van der Waals surface area contributed by atoms with Crippen molar-refractivity contribution >= 4 is 72.7 Å². The van der Waals surface area contributed by atoms with Gasteiger partial charge in [-0.15, -0.1) is 0 Å². The molecule has 5 nitrogen and oxygen atoms in total. The molecule has 0 fully saturated rings. The highest BCUT2D eigenvalue weighted by Crippen LogP contribution is 2.35. The number of pyridine rings is 1. The summed E-state index contributed by atoms with van der Waals surface area (Å²) in [6.45, 7) is 0.268. The molecule has 0 saturated heterocycles. The highest BCUT2D eigenvalue weighted by Gasteiger charge is 2.16. The fourth-order valence-corrected chi connectivity index (χ4v) is 5.27. The normalized spacial score (nSPS) is 11.5. The molecule has 0 amide bonds. The van der Waals surface area contributed by atoms with E-state index in [1.165, 1.54) is 0 Å². The molecule has 5 rings (SSSR count). The SMILES string of the molecule is Clc1ccc(COc2c(Br)cc(Br)cc2C=Nc2c(-c3ccco3)nc3ccccn23)c(Cl)c1. The van der Waals surface area contributed by atoms with Gasteiger partial charge in [0.05, 0.1) is 10.7 Å². The van der Waals surface area contributed by atoms with Crippen molar-refractivity contribution in [3.05, 3.63) is 103 Å². The molecular weight excluding hydrogens is 605 g/mol. The maximum absolute atomic E-state index is 6.32. The number of ether oxygens (including phenoxy) is 1. The summed E-state index contributed by atoms with van der Waals surface area (Å²) in [5.41, 5.74) is 3.01. The van der Waals surface area contributed by atoms with Gasteiger partial charge in [-0.3, -0.25) is 4.40 Å². The molecule has 0 unspecified atom stereocenters. The van der Waals surface area contributed by atoms with Gasteiger partial charge in [-0.25, -0.2) is 9.98 Å². The number of fused-ring (bicyclic) bond motifs is 1. The number of hydrogen-bond acceptors (Lipinski definition) is 4. The zero-order valence-electron chi connectivity index (χ0n) is 17.4. The Balaban J connectivity index is 1.53. The molecule has 0 spiro atoms. The van der Waals surface area contributed by atoms with Gasteiger partial charge >= 0.3 is 0 Å². The Kier molecular flexibility index (Phi) is 6.79. The van der Waals surface area contributed by atoms with Crippen LogP contribution in [0.2, 0.25) is 10.0 Å². The zero-order chi connectivity index (χ0) is 23.7. The van der Waals surface area contributed by atoms with Crippen LogP contribution in [0.15, 0.2) is 91.5 Å². The molecule has 0 saturated carbocycles. The second kappa shape index (κ2) is 9.96. The third-order valence-corrected chi connectivity index (χ3v) is 6.64. The van der Waals surface area contributed by atoms with Crippen molar-refractivity contribution in [2.45, 2.75) is 6.61 Å². The van der Waals surface area contributed by atoms with Crippen molar-refractivity contribution < 1.29 is 9.15 Å². The quantitative estimate of drug-likeness (QED) is 0.179. The highest BCUT2D eigenvalue weighted by atomic mass is 79.9. The maximum Gasteiger partial charge on any atom is 0.168 e. The molecule has 0 bridgehead atoms. The molecule has 0 aliphatic rings. The number of rotatable bonds is 6. The van der Waals surface area contributed by atoms with Gasteiger partial charge in [0.1, 0.15) is 18.0 Å². The summed E-state index contributed by atoms with van der Waals surface area (Å²) in [5.74, 6) is 1.92. The Morgan fingerprint density at radius 3 is 2.74 bits per heavy atom. The summed E-state index contributed by atoms with van der Waals surface area (Å²) >= 11 is 19.5. The Morgan fingerprint density at radius 2 is 1.94 bits per heavy atom. The van der Waals surface area contributed by atoms with E-state index in [1.54, 1.807) is 24.6 Å². The smallest absolute Gasteiger partial charge is 0.168 e. The van der Waals surface area contributed by atoms with Crippen LogP contribution in [0, 0.1) is 0 Å². The lowest BCUT2D eigenvalue weighted by Crippen LogP contribution is -2.00. The van der Waals surface area contributed by atoms with Crippen molar-refractivity contribution in [2.24, 2.45) is 4.99 Å². The lowest BCUT2D eigenvalue weighted by molar-refractivity contribution is 0.304. The van der Waals surface area contributed by atoms with E-state index in [0.29, 0.717) is 33.1 Å². The minimum absolute atomic E-state index is 0.268. The summed E-state index contributed by atoms with van der Waals surface area (Å²) in [6.07, 6.45) is 5.28. The van der Waals surface area contributed by atoms with Crippen molar-refractivity contribution in [3.8, 4) is 17.2 Å². The zero-order valence-corrected chi connectivity index (χ0v) is 22.1. The van der Waals surface area contributed by atoms with E-state index < -0.39 is 0 Å². The van der Waals surface area contributed by atoms with Crippen LogP contribution in [-0.4, -0.2) is 15.6 Å². The summed E-state index contributed by atoms with van der Waals surface area (Å²) < 4.78 is 15.3. The highest BCUT2D eigenvalue weighted by molar-refractivity contribution is 9.11. The van der Waals surface area contributed by atoms with Crippen LogP contribution in [0.25, 0.3) is 17.1 Å². The van der Waals surface area contributed by atoms with E-state index in [-0.39, 0.29) is 6.61 Å². The van der Waals surface area contributed by atoms with E-state index >= 15 is 0 Å². The number of aliphatic imine (C=N–C) groups is 1. The van der Waals surface area contributed by atoms with Crippen LogP contribution in [0.5, 0.6) is 5.75 Å². The van der Waals surface area contributed by atoms with Crippen LogP contribution in [0.4, 0.5) is 5.82 Å². The molecule has 0 aliphatic carbocycles. The van der Waals surface area contributed by atoms with Gasteiger partial charge in [0.2, 0.25) is 0 Å². The van der Waals surface area contributed by atoms with E-state index in [4.69, 9.17) is 42.3 Å². The summed E-state index contributed by atoms with van der Waals surface area (Å²) in [5, 5.41) is 1.12. The molecule has 5 aromatic rings. The largest absolute Gasteiger partial charge is 0.487 e. The number of benzene rings is 2. The number of nitrogens with zero attached hydrogens (tertiary/aromatic N) is 3. The number of halogens is 4. The van der Waals surface area contributed by atoms with Crippen LogP contribution in [0.3, 0.4) is 0 Å². The molecule has 0 N–H and O–H groups in total. The van der Waals surface area contributed by atoms with E-state index in [9.17, 15) is 0 Å². The molecule has 9 heteroatoms. The van der Waals surface area contributed by atoms with Gasteiger partial charge in [-0.1, -0.05) is 51.3 Å². The summed E-state index contributed by atoms with van der Waals surface area (Å²) in [7, 11) is 0. The first kappa shape index (κ1) is 23.2. The number of furan rings is 1. The first-order chi connectivity index (χ1) is 16.5. The van der Waals surface area contributed by atoms with Crippen LogP contribution in [0.1, 0.15) is 11.1 Å². The lowest BCUT2D eigenvalue weighted by atomic mass is 10.2. The molecular formula is C25H15Br2Cl2N3O2. The Bertz CT molecular complexity index is 1510. The Morgan fingerprint density at radius 1 is 1.06 bits per heavy atom. The van der Waals surface area contributed by atoms with Crippen molar-refractivity contribution in [2.75, 3.05) is 0 Å². The predicted octanol–water partition coefficient (Wildman–Crippen LogP) is 8.76. The first-order valence-corrected chi connectivity index (χ1v) is 12.4. The summed E-state index contributed by atoms with van der Waals surface area (Å²) in [4.78, 5) is 9.50. The van der Waals surface area contributed by atoms with E-state index in [1.807, 2.05) is 59.1 Å². The second-order valence-corrected chi connectivity index (χ2v) is 9.89. The molecule has 2 aromatic carbocycles. The van der Waals surface area contributed by atoms with Crippen LogP contribution in [-0.2, 0) is 6.61 Å². The third-order valence-electron chi connectivity index (χ3n) is 5.01. The van der Waals surface area contributed by atoms with Gasteiger partial charge in [0, 0.05) is 38.1 Å². The lowest BCUT2D eigenvalue weighted by Gasteiger charge is -2.13. The summed E-state index contributed by atoms with van der Waals surface area (Å²) in [6, 6.07) is 18.6. The first-order valence-electron chi connectivity index (χ1n) is 10.1. The monoisotopic (exact) mass is 617 g/mol. The van der Waals surface area contributed by atoms with Crippen molar-refractivity contribution in [1.29, 1.82) is 0 Å². The van der Waals surface area contributed by atoms with Crippen molar-refractivity contribution in [3.63, 3.8) is 0 Å². The number of imidazole rings is 1. The molecule has 0 atom stereocenters. The second-order valence-electron chi connectivity index (χ2n) is 7.28. The van der Waals surface area contributed by atoms with Gasteiger partial charge in [-0.05, 0) is 64.5 Å².